The van der Waals surface area contributed by atoms with Gasteiger partial charge in [0.25, 0.3) is 0 Å². The van der Waals surface area contributed by atoms with Gasteiger partial charge in [0.05, 0.1) is 0 Å². The summed E-state index contributed by atoms with van der Waals surface area (Å²) in [7, 11) is 0. The first-order valence-corrected chi connectivity index (χ1v) is 6.19. The van der Waals surface area contributed by atoms with Crippen LogP contribution in [0.1, 0.15) is 31.7 Å². The summed E-state index contributed by atoms with van der Waals surface area (Å²) in [5, 5.41) is 0. The van der Waals surface area contributed by atoms with Gasteiger partial charge in [-0.15, -0.1) is 0 Å². The zero-order valence-corrected chi connectivity index (χ0v) is 10.2. The van der Waals surface area contributed by atoms with Crippen LogP contribution >= 0.6 is 0 Å². The van der Waals surface area contributed by atoms with Gasteiger partial charge in [-0.25, -0.2) is 8.78 Å². The molecule has 17 heavy (non-hydrogen) atoms. The van der Waals surface area contributed by atoms with Crippen molar-refractivity contribution in [1.82, 2.24) is 0 Å². The Labute approximate surface area is 101 Å². The molecule has 1 fully saturated rings. The highest BCUT2D eigenvalue weighted by molar-refractivity contribution is 5.21. The molecule has 1 aromatic rings. The van der Waals surface area contributed by atoms with Crippen molar-refractivity contribution in [2.24, 2.45) is 17.1 Å². The number of rotatable bonds is 3. The largest absolute Gasteiger partial charge is 0.330 e. The van der Waals surface area contributed by atoms with Crippen molar-refractivity contribution in [1.29, 1.82) is 0 Å². The molecule has 1 aromatic carbocycles. The van der Waals surface area contributed by atoms with E-state index in [1.807, 2.05) is 0 Å². The van der Waals surface area contributed by atoms with Crippen LogP contribution in [-0.4, -0.2) is 6.54 Å². The first-order chi connectivity index (χ1) is 8.06. The summed E-state index contributed by atoms with van der Waals surface area (Å²) < 4.78 is 27.3. The molecule has 1 aliphatic carbocycles. The maximum Gasteiger partial charge on any atom is 0.129 e. The quantitative estimate of drug-likeness (QED) is 0.860. The smallest absolute Gasteiger partial charge is 0.129 e. The molecule has 94 valence electrons. The summed E-state index contributed by atoms with van der Waals surface area (Å²) >= 11 is 0. The van der Waals surface area contributed by atoms with Crippen molar-refractivity contribution >= 4 is 0 Å². The molecule has 2 atom stereocenters. The van der Waals surface area contributed by atoms with Crippen LogP contribution in [0.15, 0.2) is 18.2 Å². The maximum absolute atomic E-state index is 13.6. The van der Waals surface area contributed by atoms with E-state index in [-0.39, 0.29) is 11.0 Å². The lowest BCUT2D eigenvalue weighted by Crippen LogP contribution is -2.31. The topological polar surface area (TPSA) is 26.0 Å². The zero-order valence-electron chi connectivity index (χ0n) is 10.2. The Kier molecular flexibility index (Phi) is 3.48. The molecular weight excluding hydrogens is 220 g/mol. The maximum atomic E-state index is 13.6. The summed E-state index contributed by atoms with van der Waals surface area (Å²) in [4.78, 5) is 0. The fourth-order valence-corrected chi connectivity index (χ4v) is 2.99. The van der Waals surface area contributed by atoms with E-state index in [0.717, 1.165) is 19.3 Å². The predicted molar refractivity (Wildman–Crippen MR) is 64.6 cm³/mol. The van der Waals surface area contributed by atoms with Crippen molar-refractivity contribution in [2.45, 2.75) is 32.6 Å². The van der Waals surface area contributed by atoms with Gasteiger partial charge in [0, 0.05) is 5.56 Å². The molecule has 0 aliphatic heterocycles. The van der Waals surface area contributed by atoms with Gasteiger partial charge in [0.2, 0.25) is 0 Å². The van der Waals surface area contributed by atoms with Gasteiger partial charge >= 0.3 is 0 Å². The number of hydrogen-bond donors (Lipinski definition) is 1. The second kappa shape index (κ2) is 4.73. The molecule has 0 saturated heterocycles. The van der Waals surface area contributed by atoms with E-state index in [4.69, 9.17) is 5.73 Å². The molecule has 0 heterocycles. The summed E-state index contributed by atoms with van der Waals surface area (Å²) in [5.74, 6) is -0.289. The Morgan fingerprint density at radius 2 is 2.00 bits per heavy atom. The minimum Gasteiger partial charge on any atom is -0.330 e. The summed E-state index contributed by atoms with van der Waals surface area (Å²) in [6.07, 6.45) is 3.47. The molecule has 2 rings (SSSR count). The molecule has 0 spiro atoms. The SMILES string of the molecule is CC1CCC(CN)(Cc2c(F)cccc2F)C1. The van der Waals surface area contributed by atoms with Crippen molar-refractivity contribution in [2.75, 3.05) is 6.54 Å². The highest BCUT2D eigenvalue weighted by Gasteiger charge is 2.37. The normalized spacial score (nSPS) is 28.6. The summed E-state index contributed by atoms with van der Waals surface area (Å²) in [6, 6.07) is 4.04. The highest BCUT2D eigenvalue weighted by atomic mass is 19.1. The molecular formula is C14H19F2N. The van der Waals surface area contributed by atoms with Gasteiger partial charge in [-0.2, -0.15) is 0 Å². The minimum absolute atomic E-state index is 0.109. The molecule has 1 saturated carbocycles. The van der Waals surface area contributed by atoms with Gasteiger partial charge in [0.15, 0.2) is 0 Å². The van der Waals surface area contributed by atoms with Gasteiger partial charge in [0.1, 0.15) is 11.6 Å². The second-order valence-electron chi connectivity index (χ2n) is 5.43. The van der Waals surface area contributed by atoms with Crippen molar-refractivity contribution < 1.29 is 8.78 Å². The van der Waals surface area contributed by atoms with Crippen LogP contribution in [0.2, 0.25) is 0 Å². The first kappa shape index (κ1) is 12.5. The first-order valence-electron chi connectivity index (χ1n) is 6.19. The lowest BCUT2D eigenvalue weighted by molar-refractivity contribution is 0.287. The lowest BCUT2D eigenvalue weighted by Gasteiger charge is -2.28. The van der Waals surface area contributed by atoms with E-state index in [9.17, 15) is 8.78 Å². The predicted octanol–water partition coefficient (Wildman–Crippen LogP) is 3.27. The molecule has 1 aliphatic rings. The Bertz CT molecular complexity index is 385. The van der Waals surface area contributed by atoms with Gasteiger partial charge < -0.3 is 5.73 Å². The summed E-state index contributed by atoms with van der Waals surface area (Å²) in [6.45, 7) is 2.68. The van der Waals surface area contributed by atoms with E-state index < -0.39 is 11.6 Å². The second-order valence-corrected chi connectivity index (χ2v) is 5.43. The van der Waals surface area contributed by atoms with Crippen LogP contribution in [0, 0.1) is 23.0 Å². The third-order valence-electron chi connectivity index (χ3n) is 4.00. The molecule has 0 amide bonds. The van der Waals surface area contributed by atoms with Gasteiger partial charge in [-0.3, -0.25) is 0 Å². The molecule has 0 radical (unpaired) electrons. The van der Waals surface area contributed by atoms with Crippen LogP contribution in [0.5, 0.6) is 0 Å². The van der Waals surface area contributed by atoms with E-state index in [2.05, 4.69) is 6.92 Å². The Morgan fingerprint density at radius 3 is 2.47 bits per heavy atom. The molecule has 2 unspecified atom stereocenters. The van der Waals surface area contributed by atoms with Gasteiger partial charge in [-0.1, -0.05) is 19.4 Å². The average molecular weight is 239 g/mol. The number of benzene rings is 1. The molecule has 0 aromatic heterocycles. The molecule has 3 heteroatoms. The van der Waals surface area contributed by atoms with Crippen molar-refractivity contribution in [3.63, 3.8) is 0 Å². The molecule has 0 bridgehead atoms. The van der Waals surface area contributed by atoms with Crippen molar-refractivity contribution in [3.8, 4) is 0 Å². The monoisotopic (exact) mass is 239 g/mol. The van der Waals surface area contributed by atoms with E-state index >= 15 is 0 Å². The fraction of sp³-hybridized carbons (Fsp3) is 0.571. The zero-order chi connectivity index (χ0) is 12.5. The van der Waals surface area contributed by atoms with E-state index in [1.165, 1.54) is 18.2 Å². The highest BCUT2D eigenvalue weighted by Crippen LogP contribution is 2.43. The average Bonchev–Trinajstić information content (AvgIpc) is 2.67. The van der Waals surface area contributed by atoms with Gasteiger partial charge in [-0.05, 0) is 49.3 Å². The van der Waals surface area contributed by atoms with E-state index in [0.29, 0.717) is 18.9 Å². The molecule has 1 nitrogen and oxygen atoms in total. The van der Waals surface area contributed by atoms with Crippen molar-refractivity contribution in [3.05, 3.63) is 35.4 Å². The summed E-state index contributed by atoms with van der Waals surface area (Å²) in [5.41, 5.74) is 5.93. The third kappa shape index (κ3) is 2.49. The number of halogens is 2. The Hall–Kier alpha value is -0.960. The fourth-order valence-electron chi connectivity index (χ4n) is 2.99. The third-order valence-corrected chi connectivity index (χ3v) is 4.00. The van der Waals surface area contributed by atoms with Crippen LogP contribution in [-0.2, 0) is 6.42 Å². The van der Waals surface area contributed by atoms with Crippen LogP contribution < -0.4 is 5.73 Å². The van der Waals surface area contributed by atoms with E-state index in [1.54, 1.807) is 0 Å². The Morgan fingerprint density at radius 1 is 1.35 bits per heavy atom. The minimum atomic E-state index is -0.447. The Balaban J connectivity index is 2.25. The molecule has 2 N–H and O–H groups in total. The van der Waals surface area contributed by atoms with Crippen LogP contribution in [0.4, 0.5) is 8.78 Å². The lowest BCUT2D eigenvalue weighted by atomic mass is 9.79. The van der Waals surface area contributed by atoms with Crippen LogP contribution in [0.25, 0.3) is 0 Å². The van der Waals surface area contributed by atoms with Crippen LogP contribution in [0.3, 0.4) is 0 Å². The number of hydrogen-bond acceptors (Lipinski definition) is 1. The number of nitrogens with two attached hydrogens (primary N) is 1. The standard InChI is InChI=1S/C14H19F2N/c1-10-5-6-14(7-10,9-17)8-11-12(15)3-2-4-13(11)16/h2-4,10H,5-9,17H2,1H3.